The number of carbonyl (C=O) groups is 1. The highest BCUT2D eigenvalue weighted by molar-refractivity contribution is 5.94. The predicted molar refractivity (Wildman–Crippen MR) is 108 cm³/mol. The average Bonchev–Trinajstić information content (AvgIpc) is 3.54. The van der Waals surface area contributed by atoms with Gasteiger partial charge in [-0.3, -0.25) is 14.6 Å². The van der Waals surface area contributed by atoms with Crippen molar-refractivity contribution in [1.29, 1.82) is 0 Å². The van der Waals surface area contributed by atoms with E-state index < -0.39 is 0 Å². The van der Waals surface area contributed by atoms with Gasteiger partial charge in [0.25, 0.3) is 5.91 Å². The van der Waals surface area contributed by atoms with Crippen LogP contribution in [0.5, 0.6) is 0 Å². The van der Waals surface area contributed by atoms with Crippen molar-refractivity contribution in [3.63, 3.8) is 0 Å². The van der Waals surface area contributed by atoms with E-state index in [0.717, 1.165) is 51.4 Å². The van der Waals surface area contributed by atoms with Gasteiger partial charge in [-0.25, -0.2) is 0 Å². The molecule has 1 N–H and O–H groups in total. The van der Waals surface area contributed by atoms with Gasteiger partial charge in [0.15, 0.2) is 0 Å². The van der Waals surface area contributed by atoms with Gasteiger partial charge in [-0.15, -0.1) is 0 Å². The molecular formula is C23H29N3O. The highest BCUT2D eigenvalue weighted by atomic mass is 16.1. The third-order valence-electron chi connectivity index (χ3n) is 5.58. The molecule has 0 aromatic heterocycles. The van der Waals surface area contributed by atoms with E-state index in [1.54, 1.807) is 0 Å². The molecular weight excluding hydrogens is 334 g/mol. The van der Waals surface area contributed by atoms with Crippen LogP contribution in [0.15, 0.2) is 54.6 Å². The highest BCUT2D eigenvalue weighted by Gasteiger charge is 2.22. The maximum Gasteiger partial charge on any atom is 0.251 e. The zero-order valence-corrected chi connectivity index (χ0v) is 15.9. The molecule has 1 saturated carbocycles. The molecule has 27 heavy (non-hydrogen) atoms. The third kappa shape index (κ3) is 5.41. The fourth-order valence-corrected chi connectivity index (χ4v) is 3.63. The minimum absolute atomic E-state index is 0.0583. The van der Waals surface area contributed by atoms with Crippen LogP contribution < -0.4 is 5.32 Å². The summed E-state index contributed by atoms with van der Waals surface area (Å²) in [5.74, 6) is 0.775. The number of hydrogen-bond acceptors (Lipinski definition) is 3. The zero-order chi connectivity index (χ0) is 18.5. The predicted octanol–water partition coefficient (Wildman–Crippen LogP) is 3.14. The summed E-state index contributed by atoms with van der Waals surface area (Å²) in [5, 5.41) is 3.03. The topological polar surface area (TPSA) is 35.6 Å². The molecule has 0 unspecified atom stereocenters. The molecule has 0 spiro atoms. The normalized spacial score (nSPS) is 18.4. The van der Waals surface area contributed by atoms with E-state index in [2.05, 4.69) is 57.6 Å². The van der Waals surface area contributed by atoms with Crippen molar-refractivity contribution in [2.24, 2.45) is 5.92 Å². The monoisotopic (exact) mass is 363 g/mol. The van der Waals surface area contributed by atoms with Gasteiger partial charge in [-0.05, 0) is 42.0 Å². The second-order valence-electron chi connectivity index (χ2n) is 7.89. The lowest BCUT2D eigenvalue weighted by atomic mass is 10.1. The highest BCUT2D eigenvalue weighted by Crippen LogP contribution is 2.27. The Kier molecular flexibility index (Phi) is 5.85. The SMILES string of the molecule is O=C(NCC1CC1)c1ccc(CN2CCN(Cc3ccccc3)CC2)cc1. The molecule has 1 aliphatic carbocycles. The largest absolute Gasteiger partial charge is 0.352 e. The Balaban J connectivity index is 1.22. The Labute approximate surface area is 162 Å². The van der Waals surface area contributed by atoms with Gasteiger partial charge < -0.3 is 5.32 Å². The van der Waals surface area contributed by atoms with Gasteiger partial charge in [0.1, 0.15) is 0 Å². The first kappa shape index (κ1) is 18.2. The Bertz CT molecular complexity index is 732. The summed E-state index contributed by atoms with van der Waals surface area (Å²) in [6.07, 6.45) is 2.52. The van der Waals surface area contributed by atoms with Gasteiger partial charge in [-0.2, -0.15) is 0 Å². The zero-order valence-electron chi connectivity index (χ0n) is 15.9. The lowest BCUT2D eigenvalue weighted by Crippen LogP contribution is -2.45. The van der Waals surface area contributed by atoms with Crippen LogP contribution in [-0.2, 0) is 13.1 Å². The first-order valence-electron chi connectivity index (χ1n) is 10.1. The maximum absolute atomic E-state index is 12.1. The molecule has 2 aromatic rings. The molecule has 0 atom stereocenters. The summed E-state index contributed by atoms with van der Waals surface area (Å²) in [7, 11) is 0. The van der Waals surface area contributed by atoms with Crippen LogP contribution in [0.1, 0.15) is 34.3 Å². The fourth-order valence-electron chi connectivity index (χ4n) is 3.63. The molecule has 2 fully saturated rings. The van der Waals surface area contributed by atoms with Crippen LogP contribution >= 0.6 is 0 Å². The van der Waals surface area contributed by atoms with E-state index in [4.69, 9.17) is 0 Å². The van der Waals surface area contributed by atoms with E-state index in [1.165, 1.54) is 24.0 Å². The Morgan fingerprint density at radius 3 is 1.93 bits per heavy atom. The van der Waals surface area contributed by atoms with Crippen LogP contribution in [-0.4, -0.2) is 48.4 Å². The van der Waals surface area contributed by atoms with Crippen molar-refractivity contribution in [3.8, 4) is 0 Å². The molecule has 1 aliphatic heterocycles. The summed E-state index contributed by atoms with van der Waals surface area (Å²) in [6, 6.07) is 18.8. The van der Waals surface area contributed by atoms with Gasteiger partial charge >= 0.3 is 0 Å². The smallest absolute Gasteiger partial charge is 0.251 e. The van der Waals surface area contributed by atoms with Crippen LogP contribution in [0.2, 0.25) is 0 Å². The lowest BCUT2D eigenvalue weighted by Gasteiger charge is -2.34. The first-order valence-corrected chi connectivity index (χ1v) is 10.1. The fraction of sp³-hybridized carbons (Fsp3) is 0.435. The molecule has 0 bridgehead atoms. The second-order valence-corrected chi connectivity index (χ2v) is 7.89. The Hall–Kier alpha value is -2.17. The number of nitrogens with zero attached hydrogens (tertiary/aromatic N) is 2. The third-order valence-corrected chi connectivity index (χ3v) is 5.58. The van der Waals surface area contributed by atoms with E-state index in [9.17, 15) is 4.79 Å². The summed E-state index contributed by atoms with van der Waals surface area (Å²) < 4.78 is 0. The average molecular weight is 364 g/mol. The Morgan fingerprint density at radius 2 is 1.37 bits per heavy atom. The van der Waals surface area contributed by atoms with Crippen LogP contribution in [0.3, 0.4) is 0 Å². The molecule has 142 valence electrons. The molecule has 4 rings (SSSR count). The molecule has 4 heteroatoms. The number of benzene rings is 2. The standard InChI is InChI=1S/C23H29N3O/c27-23(24-16-19-6-7-19)22-10-8-21(9-11-22)18-26-14-12-25(13-15-26)17-20-4-2-1-3-5-20/h1-5,8-11,19H,6-7,12-18H2,(H,24,27). The van der Waals surface area contributed by atoms with E-state index in [0.29, 0.717) is 5.92 Å². The number of amides is 1. The molecule has 0 radical (unpaired) electrons. The number of hydrogen-bond donors (Lipinski definition) is 1. The molecule has 1 amide bonds. The number of rotatable bonds is 7. The van der Waals surface area contributed by atoms with E-state index in [1.807, 2.05) is 12.1 Å². The second kappa shape index (κ2) is 8.68. The number of nitrogens with one attached hydrogen (secondary N) is 1. The van der Waals surface area contributed by atoms with Gasteiger partial charge in [0.2, 0.25) is 0 Å². The first-order chi connectivity index (χ1) is 13.3. The Morgan fingerprint density at radius 1 is 0.815 bits per heavy atom. The molecule has 1 saturated heterocycles. The van der Waals surface area contributed by atoms with Crippen LogP contribution in [0, 0.1) is 5.92 Å². The van der Waals surface area contributed by atoms with Crippen molar-refractivity contribution in [3.05, 3.63) is 71.3 Å². The quantitative estimate of drug-likeness (QED) is 0.821. The number of carbonyl (C=O) groups excluding carboxylic acids is 1. The van der Waals surface area contributed by atoms with E-state index >= 15 is 0 Å². The van der Waals surface area contributed by atoms with Gasteiger partial charge in [0.05, 0.1) is 0 Å². The van der Waals surface area contributed by atoms with Crippen LogP contribution in [0.25, 0.3) is 0 Å². The summed E-state index contributed by atoms with van der Waals surface area (Å²) in [4.78, 5) is 17.2. The van der Waals surface area contributed by atoms with Gasteiger partial charge in [0, 0.05) is 51.4 Å². The maximum atomic E-state index is 12.1. The molecule has 4 nitrogen and oxygen atoms in total. The van der Waals surface area contributed by atoms with Crippen molar-refractivity contribution < 1.29 is 4.79 Å². The van der Waals surface area contributed by atoms with Gasteiger partial charge in [-0.1, -0.05) is 42.5 Å². The number of piperazine rings is 1. The summed E-state index contributed by atoms with van der Waals surface area (Å²) in [6.45, 7) is 7.23. The minimum Gasteiger partial charge on any atom is -0.352 e. The summed E-state index contributed by atoms with van der Waals surface area (Å²) >= 11 is 0. The van der Waals surface area contributed by atoms with Crippen molar-refractivity contribution in [2.45, 2.75) is 25.9 Å². The van der Waals surface area contributed by atoms with Crippen LogP contribution in [0.4, 0.5) is 0 Å². The summed E-state index contributed by atoms with van der Waals surface area (Å²) in [5.41, 5.74) is 3.44. The van der Waals surface area contributed by atoms with Crippen molar-refractivity contribution >= 4 is 5.91 Å². The van der Waals surface area contributed by atoms with Crippen molar-refractivity contribution in [1.82, 2.24) is 15.1 Å². The molecule has 2 aliphatic rings. The molecule has 1 heterocycles. The van der Waals surface area contributed by atoms with Crippen molar-refractivity contribution in [2.75, 3.05) is 32.7 Å². The minimum atomic E-state index is 0.0583. The lowest BCUT2D eigenvalue weighted by molar-refractivity contribution is 0.0951. The van der Waals surface area contributed by atoms with E-state index in [-0.39, 0.29) is 5.91 Å². The molecule has 2 aromatic carbocycles.